The van der Waals surface area contributed by atoms with Crippen LogP contribution in [0.25, 0.3) is 0 Å². The number of rotatable bonds is 7. The molecule has 9 nitrogen and oxygen atoms in total. The van der Waals surface area contributed by atoms with Crippen molar-refractivity contribution in [2.24, 2.45) is 5.10 Å². The Morgan fingerprint density at radius 2 is 1.45 bits per heavy atom. The van der Waals surface area contributed by atoms with Crippen LogP contribution in [-0.2, 0) is 0 Å². The molecule has 2 saturated heterocycles. The highest BCUT2D eigenvalue weighted by Crippen LogP contribution is 2.27. The number of aromatic nitrogens is 3. The molecule has 3 heterocycles. The predicted molar refractivity (Wildman–Crippen MR) is 113 cm³/mol. The fourth-order valence-electron chi connectivity index (χ4n) is 3.62. The lowest BCUT2D eigenvalue weighted by molar-refractivity contribution is 0.355. The number of nitrogens with zero attached hydrogens (tertiary/aromatic N) is 6. The summed E-state index contributed by atoms with van der Waals surface area (Å²) in [6, 6.07) is 5.62. The summed E-state index contributed by atoms with van der Waals surface area (Å²) in [5.41, 5.74) is 3.85. The number of benzene rings is 1. The third-order valence-electron chi connectivity index (χ3n) is 5.18. The van der Waals surface area contributed by atoms with Crippen molar-refractivity contribution >= 4 is 24.1 Å². The largest absolute Gasteiger partial charge is 0.493 e. The third kappa shape index (κ3) is 4.49. The maximum atomic E-state index is 5.34. The fraction of sp³-hybridized carbons (Fsp3) is 0.500. The van der Waals surface area contributed by atoms with Gasteiger partial charge in [-0.3, -0.25) is 0 Å². The first kappa shape index (κ1) is 19.2. The molecule has 1 aromatic heterocycles. The Morgan fingerprint density at radius 3 is 2.00 bits per heavy atom. The molecule has 9 heteroatoms. The molecule has 2 aliphatic heterocycles. The van der Waals surface area contributed by atoms with E-state index in [1.807, 2.05) is 18.2 Å². The van der Waals surface area contributed by atoms with E-state index in [9.17, 15) is 0 Å². The maximum Gasteiger partial charge on any atom is 0.250 e. The van der Waals surface area contributed by atoms with Gasteiger partial charge >= 0.3 is 0 Å². The minimum Gasteiger partial charge on any atom is -0.493 e. The van der Waals surface area contributed by atoms with Gasteiger partial charge in [0, 0.05) is 26.2 Å². The van der Waals surface area contributed by atoms with E-state index in [4.69, 9.17) is 14.5 Å². The molecule has 0 saturated carbocycles. The van der Waals surface area contributed by atoms with Crippen molar-refractivity contribution in [1.29, 1.82) is 0 Å². The van der Waals surface area contributed by atoms with E-state index in [2.05, 4.69) is 30.3 Å². The van der Waals surface area contributed by atoms with Crippen molar-refractivity contribution in [2.75, 3.05) is 55.6 Å². The molecule has 0 aliphatic carbocycles. The SMILES string of the molecule is COc1ccc(/C=N/Nc2nc(N3CCCC3)nc(N3CCCC3)n2)cc1OC. The second-order valence-corrected chi connectivity index (χ2v) is 7.13. The first-order chi connectivity index (χ1) is 14.3. The molecule has 2 aliphatic rings. The molecule has 0 atom stereocenters. The highest BCUT2D eigenvalue weighted by molar-refractivity contribution is 5.81. The molecule has 2 aromatic rings. The van der Waals surface area contributed by atoms with Crippen molar-refractivity contribution < 1.29 is 9.47 Å². The molecule has 0 spiro atoms. The lowest BCUT2D eigenvalue weighted by Gasteiger charge is -2.20. The number of nitrogens with one attached hydrogen (secondary N) is 1. The molecular weight excluding hydrogens is 370 g/mol. The Balaban J connectivity index is 1.53. The molecule has 4 rings (SSSR count). The number of hydrazone groups is 1. The molecule has 0 bridgehead atoms. The van der Waals surface area contributed by atoms with Gasteiger partial charge in [0.2, 0.25) is 17.8 Å². The van der Waals surface area contributed by atoms with Crippen LogP contribution in [0, 0.1) is 0 Å². The first-order valence-corrected chi connectivity index (χ1v) is 10.0. The zero-order chi connectivity index (χ0) is 20.1. The molecular formula is C20H27N7O2. The van der Waals surface area contributed by atoms with E-state index >= 15 is 0 Å². The molecule has 154 valence electrons. The Kier molecular flexibility index (Phi) is 5.92. The van der Waals surface area contributed by atoms with Crippen molar-refractivity contribution in [3.8, 4) is 11.5 Å². The Labute approximate surface area is 170 Å². The average Bonchev–Trinajstić information content (AvgIpc) is 3.47. The van der Waals surface area contributed by atoms with E-state index < -0.39 is 0 Å². The zero-order valence-electron chi connectivity index (χ0n) is 17.0. The number of methoxy groups -OCH3 is 2. The molecule has 29 heavy (non-hydrogen) atoms. The van der Waals surface area contributed by atoms with Gasteiger partial charge in [-0.05, 0) is 49.4 Å². The summed E-state index contributed by atoms with van der Waals surface area (Å²) in [7, 11) is 3.23. The van der Waals surface area contributed by atoms with Gasteiger partial charge in [-0.2, -0.15) is 20.1 Å². The van der Waals surface area contributed by atoms with E-state index in [0.717, 1.165) is 43.6 Å². The van der Waals surface area contributed by atoms with Crippen LogP contribution in [0.3, 0.4) is 0 Å². The summed E-state index contributed by atoms with van der Waals surface area (Å²) in [5.74, 6) is 3.25. The van der Waals surface area contributed by atoms with Gasteiger partial charge in [0.15, 0.2) is 11.5 Å². The van der Waals surface area contributed by atoms with Crippen molar-refractivity contribution in [1.82, 2.24) is 15.0 Å². The molecule has 1 N–H and O–H groups in total. The third-order valence-corrected chi connectivity index (χ3v) is 5.18. The van der Waals surface area contributed by atoms with Crippen LogP contribution >= 0.6 is 0 Å². The Morgan fingerprint density at radius 1 is 0.862 bits per heavy atom. The quantitative estimate of drug-likeness (QED) is 0.563. The monoisotopic (exact) mass is 397 g/mol. The lowest BCUT2D eigenvalue weighted by Crippen LogP contribution is -2.25. The highest BCUT2D eigenvalue weighted by atomic mass is 16.5. The maximum absolute atomic E-state index is 5.34. The molecule has 0 unspecified atom stereocenters. The summed E-state index contributed by atoms with van der Waals surface area (Å²) >= 11 is 0. The standard InChI is InChI=1S/C20H27N7O2/c1-28-16-8-7-15(13-17(16)29-2)14-21-25-18-22-19(26-9-3-4-10-26)24-20(23-18)27-11-5-6-12-27/h7-8,13-14H,3-6,9-12H2,1-2H3,(H,22,23,24,25)/b21-14+. The number of hydrogen-bond acceptors (Lipinski definition) is 9. The second kappa shape index (κ2) is 8.93. The van der Waals surface area contributed by atoms with Gasteiger partial charge in [-0.1, -0.05) is 0 Å². The smallest absolute Gasteiger partial charge is 0.250 e. The lowest BCUT2D eigenvalue weighted by atomic mass is 10.2. The van der Waals surface area contributed by atoms with Crippen LogP contribution in [0.15, 0.2) is 23.3 Å². The molecule has 0 amide bonds. The van der Waals surface area contributed by atoms with Gasteiger partial charge in [0.1, 0.15) is 0 Å². The minimum absolute atomic E-state index is 0.459. The summed E-state index contributed by atoms with van der Waals surface area (Å²) in [6.45, 7) is 3.94. The van der Waals surface area contributed by atoms with Crippen LogP contribution in [0.5, 0.6) is 11.5 Å². The van der Waals surface area contributed by atoms with Crippen LogP contribution in [0.2, 0.25) is 0 Å². The topological polar surface area (TPSA) is 88.0 Å². The van der Waals surface area contributed by atoms with Crippen LogP contribution in [0.1, 0.15) is 31.2 Å². The number of hydrogen-bond donors (Lipinski definition) is 1. The van der Waals surface area contributed by atoms with Gasteiger partial charge in [0.25, 0.3) is 0 Å². The van der Waals surface area contributed by atoms with Gasteiger partial charge in [-0.15, -0.1) is 0 Å². The fourth-order valence-corrected chi connectivity index (χ4v) is 3.62. The van der Waals surface area contributed by atoms with Crippen molar-refractivity contribution in [2.45, 2.75) is 25.7 Å². The van der Waals surface area contributed by atoms with Crippen molar-refractivity contribution in [3.05, 3.63) is 23.8 Å². The minimum atomic E-state index is 0.459. The summed E-state index contributed by atoms with van der Waals surface area (Å²) in [6.07, 6.45) is 6.39. The normalized spacial score (nSPS) is 16.6. The Hall–Kier alpha value is -3.10. The highest BCUT2D eigenvalue weighted by Gasteiger charge is 2.21. The molecule has 1 aromatic carbocycles. The number of anilines is 3. The summed E-state index contributed by atoms with van der Waals surface area (Å²) < 4.78 is 10.6. The number of ether oxygens (including phenoxy) is 2. The van der Waals surface area contributed by atoms with E-state index in [-0.39, 0.29) is 0 Å². The van der Waals surface area contributed by atoms with E-state index in [0.29, 0.717) is 17.4 Å². The van der Waals surface area contributed by atoms with E-state index in [1.165, 1.54) is 25.7 Å². The van der Waals surface area contributed by atoms with Crippen LogP contribution < -0.4 is 24.7 Å². The van der Waals surface area contributed by atoms with Crippen LogP contribution in [0.4, 0.5) is 17.8 Å². The van der Waals surface area contributed by atoms with E-state index in [1.54, 1.807) is 20.4 Å². The second-order valence-electron chi connectivity index (χ2n) is 7.13. The van der Waals surface area contributed by atoms with Gasteiger partial charge < -0.3 is 19.3 Å². The summed E-state index contributed by atoms with van der Waals surface area (Å²) in [5, 5.41) is 4.32. The van der Waals surface area contributed by atoms with Crippen molar-refractivity contribution in [3.63, 3.8) is 0 Å². The zero-order valence-corrected chi connectivity index (χ0v) is 17.0. The average molecular weight is 397 g/mol. The predicted octanol–water partition coefficient (Wildman–Crippen LogP) is 2.54. The first-order valence-electron chi connectivity index (χ1n) is 10.0. The van der Waals surface area contributed by atoms with Gasteiger partial charge in [-0.25, -0.2) is 5.43 Å². The molecule has 2 fully saturated rings. The van der Waals surface area contributed by atoms with Gasteiger partial charge in [0.05, 0.1) is 20.4 Å². The van der Waals surface area contributed by atoms with Crippen LogP contribution in [-0.4, -0.2) is 61.6 Å². The molecule has 0 radical (unpaired) electrons. The Bertz CT molecular complexity index is 828. The summed E-state index contributed by atoms with van der Waals surface area (Å²) in [4.78, 5) is 18.3.